The standard InChI is InChI=1S/C19H21ClFN3O4S/c1-12-16(18(22-28-12)17-14(20)3-2-4-15(17)21)19(25)24-8-6-23(7-9-24)13-5-10-29(26,27)11-13/h2-4,13H,5-11H2,1H3. The molecule has 1 aromatic heterocycles. The molecule has 0 spiro atoms. The molecule has 0 radical (unpaired) electrons. The summed E-state index contributed by atoms with van der Waals surface area (Å²) in [5, 5.41) is 4.05. The van der Waals surface area contributed by atoms with Crippen LogP contribution in [0.15, 0.2) is 22.7 Å². The zero-order chi connectivity index (χ0) is 20.8. The molecule has 1 amide bonds. The van der Waals surface area contributed by atoms with Crippen LogP contribution in [0, 0.1) is 12.7 Å². The number of hydrogen-bond acceptors (Lipinski definition) is 6. The van der Waals surface area contributed by atoms with Gasteiger partial charge in [0.05, 0.1) is 22.1 Å². The second-order valence-corrected chi connectivity index (χ2v) is 10.1. The molecule has 156 valence electrons. The summed E-state index contributed by atoms with van der Waals surface area (Å²) in [5.74, 6) is -0.164. The van der Waals surface area contributed by atoms with Crippen LogP contribution >= 0.6 is 11.6 Å². The average molecular weight is 442 g/mol. The highest BCUT2D eigenvalue weighted by atomic mass is 35.5. The monoisotopic (exact) mass is 441 g/mol. The van der Waals surface area contributed by atoms with Crippen molar-refractivity contribution >= 4 is 27.3 Å². The topological polar surface area (TPSA) is 83.7 Å². The highest BCUT2D eigenvalue weighted by Gasteiger charge is 2.36. The maximum Gasteiger partial charge on any atom is 0.259 e. The molecule has 0 saturated carbocycles. The van der Waals surface area contributed by atoms with E-state index in [1.807, 2.05) is 0 Å². The molecule has 10 heteroatoms. The van der Waals surface area contributed by atoms with E-state index in [2.05, 4.69) is 10.1 Å². The van der Waals surface area contributed by atoms with Crippen molar-refractivity contribution < 1.29 is 22.1 Å². The number of sulfone groups is 1. The lowest BCUT2D eigenvalue weighted by atomic mass is 10.0. The highest BCUT2D eigenvalue weighted by Crippen LogP contribution is 2.34. The molecule has 2 fully saturated rings. The van der Waals surface area contributed by atoms with E-state index in [1.165, 1.54) is 18.2 Å². The Hall–Kier alpha value is -1.97. The lowest BCUT2D eigenvalue weighted by molar-refractivity contribution is 0.0587. The van der Waals surface area contributed by atoms with E-state index >= 15 is 0 Å². The molecule has 0 N–H and O–H groups in total. The molecule has 1 unspecified atom stereocenters. The molecular weight excluding hydrogens is 421 g/mol. The number of hydrogen-bond donors (Lipinski definition) is 0. The quantitative estimate of drug-likeness (QED) is 0.727. The first-order valence-electron chi connectivity index (χ1n) is 9.41. The number of nitrogens with zero attached hydrogens (tertiary/aromatic N) is 3. The number of carbonyl (C=O) groups is 1. The Morgan fingerprint density at radius 3 is 2.62 bits per heavy atom. The van der Waals surface area contributed by atoms with E-state index < -0.39 is 15.7 Å². The summed E-state index contributed by atoms with van der Waals surface area (Å²) < 4.78 is 43.0. The van der Waals surface area contributed by atoms with Crippen molar-refractivity contribution in [3.8, 4) is 11.3 Å². The van der Waals surface area contributed by atoms with Crippen molar-refractivity contribution in [3.05, 3.63) is 40.4 Å². The van der Waals surface area contributed by atoms with E-state index in [0.29, 0.717) is 38.4 Å². The summed E-state index contributed by atoms with van der Waals surface area (Å²) in [6.07, 6.45) is 0.636. The molecule has 0 bridgehead atoms. The van der Waals surface area contributed by atoms with Crippen LogP contribution in [0.3, 0.4) is 0 Å². The van der Waals surface area contributed by atoms with Gasteiger partial charge in [-0.3, -0.25) is 9.69 Å². The third-order valence-electron chi connectivity index (χ3n) is 5.60. The van der Waals surface area contributed by atoms with Gasteiger partial charge in [-0.2, -0.15) is 0 Å². The third kappa shape index (κ3) is 3.91. The summed E-state index contributed by atoms with van der Waals surface area (Å²) in [6.45, 7) is 3.69. The fourth-order valence-corrected chi connectivity index (χ4v) is 6.04. The SMILES string of the molecule is Cc1onc(-c2c(F)cccc2Cl)c1C(=O)N1CCN(C2CCS(=O)(=O)C2)CC1. The van der Waals surface area contributed by atoms with Crippen molar-refractivity contribution in [1.29, 1.82) is 0 Å². The van der Waals surface area contributed by atoms with Gasteiger partial charge in [-0.15, -0.1) is 0 Å². The molecule has 1 atom stereocenters. The van der Waals surface area contributed by atoms with Gasteiger partial charge in [0.1, 0.15) is 22.8 Å². The van der Waals surface area contributed by atoms with E-state index in [0.717, 1.165) is 0 Å². The molecular formula is C19H21ClFN3O4S. The number of aromatic nitrogens is 1. The zero-order valence-electron chi connectivity index (χ0n) is 15.9. The Balaban J connectivity index is 1.53. The van der Waals surface area contributed by atoms with Crippen molar-refractivity contribution in [2.45, 2.75) is 19.4 Å². The van der Waals surface area contributed by atoms with Crippen molar-refractivity contribution in [1.82, 2.24) is 15.0 Å². The van der Waals surface area contributed by atoms with Gasteiger partial charge in [-0.05, 0) is 25.5 Å². The van der Waals surface area contributed by atoms with Crippen LogP contribution in [0.5, 0.6) is 0 Å². The maximum atomic E-state index is 14.4. The molecule has 2 aliphatic heterocycles. The van der Waals surface area contributed by atoms with Crippen LogP contribution in [0.2, 0.25) is 5.02 Å². The molecule has 4 rings (SSSR count). The molecule has 0 aliphatic carbocycles. The minimum absolute atomic E-state index is 0.0161. The van der Waals surface area contributed by atoms with Crippen LogP contribution in [0.4, 0.5) is 4.39 Å². The number of carbonyl (C=O) groups excluding carboxylic acids is 1. The van der Waals surface area contributed by atoms with Crippen LogP contribution < -0.4 is 0 Å². The van der Waals surface area contributed by atoms with E-state index in [1.54, 1.807) is 11.8 Å². The lowest BCUT2D eigenvalue weighted by Crippen LogP contribution is -2.52. The Bertz CT molecular complexity index is 1030. The van der Waals surface area contributed by atoms with Crippen LogP contribution in [0.25, 0.3) is 11.3 Å². The van der Waals surface area contributed by atoms with Crippen molar-refractivity contribution in [2.24, 2.45) is 0 Å². The smallest absolute Gasteiger partial charge is 0.259 e. The normalized spacial score (nSPS) is 22.2. The zero-order valence-corrected chi connectivity index (χ0v) is 17.5. The van der Waals surface area contributed by atoms with Crippen LogP contribution in [0.1, 0.15) is 22.5 Å². The number of piperazine rings is 1. The summed E-state index contributed by atoms with van der Waals surface area (Å²) >= 11 is 6.15. The van der Waals surface area contributed by atoms with Gasteiger partial charge in [0.25, 0.3) is 5.91 Å². The van der Waals surface area contributed by atoms with E-state index in [4.69, 9.17) is 16.1 Å². The largest absolute Gasteiger partial charge is 0.360 e. The molecule has 2 saturated heterocycles. The van der Waals surface area contributed by atoms with E-state index in [-0.39, 0.29) is 45.3 Å². The van der Waals surface area contributed by atoms with Crippen LogP contribution in [-0.2, 0) is 9.84 Å². The van der Waals surface area contributed by atoms with Crippen molar-refractivity contribution in [3.63, 3.8) is 0 Å². The molecule has 1 aromatic carbocycles. The average Bonchev–Trinajstić information content (AvgIpc) is 3.23. The van der Waals surface area contributed by atoms with Gasteiger partial charge in [-0.25, -0.2) is 12.8 Å². The van der Waals surface area contributed by atoms with Crippen LogP contribution in [-0.4, -0.2) is 73.0 Å². The first kappa shape index (κ1) is 20.3. The van der Waals surface area contributed by atoms with Gasteiger partial charge >= 0.3 is 0 Å². The molecule has 7 nitrogen and oxygen atoms in total. The Morgan fingerprint density at radius 1 is 1.28 bits per heavy atom. The van der Waals surface area contributed by atoms with Gasteiger partial charge in [0.15, 0.2) is 9.84 Å². The Labute approximate surface area is 173 Å². The van der Waals surface area contributed by atoms with Gasteiger partial charge < -0.3 is 9.42 Å². The number of halogens is 2. The number of rotatable bonds is 3. The minimum Gasteiger partial charge on any atom is -0.360 e. The van der Waals surface area contributed by atoms with Gasteiger partial charge in [0, 0.05) is 32.2 Å². The number of amides is 1. The summed E-state index contributed by atoms with van der Waals surface area (Å²) in [5.41, 5.74) is 0.345. The second kappa shape index (κ2) is 7.70. The third-order valence-corrected chi connectivity index (χ3v) is 7.67. The Morgan fingerprint density at radius 2 is 2.00 bits per heavy atom. The molecule has 2 aromatic rings. The fourth-order valence-electron chi connectivity index (χ4n) is 4.03. The maximum absolute atomic E-state index is 14.4. The van der Waals surface area contributed by atoms with E-state index in [9.17, 15) is 17.6 Å². The summed E-state index contributed by atoms with van der Waals surface area (Å²) in [4.78, 5) is 17.0. The predicted octanol–water partition coefficient (Wildman–Crippen LogP) is 2.39. The first-order chi connectivity index (χ1) is 13.8. The summed E-state index contributed by atoms with van der Waals surface area (Å²) in [6, 6.07) is 4.29. The number of benzene rings is 1. The van der Waals surface area contributed by atoms with Crippen molar-refractivity contribution in [2.75, 3.05) is 37.7 Å². The Kier molecular flexibility index (Phi) is 5.39. The molecule has 2 aliphatic rings. The van der Waals surface area contributed by atoms with Gasteiger partial charge in [0.2, 0.25) is 0 Å². The van der Waals surface area contributed by atoms with Gasteiger partial charge in [-0.1, -0.05) is 22.8 Å². The number of aryl methyl sites for hydroxylation is 1. The minimum atomic E-state index is -2.95. The highest BCUT2D eigenvalue weighted by molar-refractivity contribution is 7.91. The predicted molar refractivity (Wildman–Crippen MR) is 106 cm³/mol. The summed E-state index contributed by atoms with van der Waals surface area (Å²) in [7, 11) is -2.95. The fraction of sp³-hybridized carbons (Fsp3) is 0.474. The second-order valence-electron chi connectivity index (χ2n) is 7.44. The molecule has 3 heterocycles. The molecule has 29 heavy (non-hydrogen) atoms. The lowest BCUT2D eigenvalue weighted by Gasteiger charge is -2.37. The first-order valence-corrected chi connectivity index (χ1v) is 11.6.